The molecule has 1 fully saturated rings. The third kappa shape index (κ3) is 1.46. The first-order chi connectivity index (χ1) is 6.24. The molecule has 0 heterocycles. The molecule has 2 unspecified atom stereocenters. The zero-order valence-corrected chi connectivity index (χ0v) is 7.97. The number of nitrogens with one attached hydrogen (secondary N) is 1. The summed E-state index contributed by atoms with van der Waals surface area (Å²) in [6.07, 6.45) is 1.14. The number of hydrogen-bond donors (Lipinski definition) is 1. The molecule has 1 nitrogen and oxygen atoms in total. The molecule has 0 bridgehead atoms. The minimum absolute atomic E-state index is 0.0840. The lowest BCUT2D eigenvalue weighted by Crippen LogP contribution is -2.10. The van der Waals surface area contributed by atoms with Crippen LogP contribution in [0, 0.1) is 12.7 Å². The van der Waals surface area contributed by atoms with E-state index in [0.717, 1.165) is 12.0 Å². The van der Waals surface area contributed by atoms with Crippen LogP contribution in [-0.4, -0.2) is 13.1 Å². The Morgan fingerprint density at radius 1 is 1.46 bits per heavy atom. The zero-order valence-electron chi connectivity index (χ0n) is 7.97. The molecule has 70 valence electrons. The lowest BCUT2D eigenvalue weighted by Gasteiger charge is -2.05. The average molecular weight is 179 g/mol. The van der Waals surface area contributed by atoms with Gasteiger partial charge in [0.1, 0.15) is 5.82 Å². The molecule has 2 atom stereocenters. The maximum atomic E-state index is 13.2. The van der Waals surface area contributed by atoms with Crippen molar-refractivity contribution in [1.29, 1.82) is 0 Å². The second kappa shape index (κ2) is 3.11. The van der Waals surface area contributed by atoms with Crippen molar-refractivity contribution in [2.45, 2.75) is 25.3 Å². The van der Waals surface area contributed by atoms with Gasteiger partial charge in [0.15, 0.2) is 0 Å². The molecule has 0 aliphatic heterocycles. The molecule has 0 aromatic heterocycles. The van der Waals surface area contributed by atoms with Gasteiger partial charge in [-0.15, -0.1) is 0 Å². The first-order valence-corrected chi connectivity index (χ1v) is 4.66. The van der Waals surface area contributed by atoms with E-state index < -0.39 is 0 Å². The fourth-order valence-corrected chi connectivity index (χ4v) is 1.88. The van der Waals surface area contributed by atoms with Crippen LogP contribution in [-0.2, 0) is 0 Å². The van der Waals surface area contributed by atoms with E-state index in [4.69, 9.17) is 0 Å². The summed E-state index contributed by atoms with van der Waals surface area (Å²) in [7, 11) is 1.96. The maximum Gasteiger partial charge on any atom is 0.126 e. The van der Waals surface area contributed by atoms with E-state index in [0.29, 0.717) is 12.0 Å². The minimum Gasteiger partial charge on any atom is -0.316 e. The SMILES string of the molecule is CNC1CC1c1cccc(F)c1C. The number of hydrogen-bond acceptors (Lipinski definition) is 1. The summed E-state index contributed by atoms with van der Waals surface area (Å²) in [5.74, 6) is 0.444. The van der Waals surface area contributed by atoms with Crippen LogP contribution in [0.5, 0.6) is 0 Å². The van der Waals surface area contributed by atoms with E-state index in [-0.39, 0.29) is 5.82 Å². The van der Waals surface area contributed by atoms with Crippen LogP contribution in [0.4, 0.5) is 4.39 Å². The topological polar surface area (TPSA) is 12.0 Å². The number of benzene rings is 1. The van der Waals surface area contributed by atoms with E-state index in [2.05, 4.69) is 5.32 Å². The van der Waals surface area contributed by atoms with Crippen molar-refractivity contribution < 1.29 is 4.39 Å². The maximum absolute atomic E-state index is 13.2. The van der Waals surface area contributed by atoms with E-state index in [9.17, 15) is 4.39 Å². The summed E-state index contributed by atoms with van der Waals surface area (Å²) in [6, 6.07) is 5.90. The third-order valence-electron chi connectivity index (χ3n) is 2.87. The Morgan fingerprint density at radius 3 is 2.85 bits per heavy atom. The highest BCUT2D eigenvalue weighted by molar-refractivity contribution is 5.35. The van der Waals surface area contributed by atoms with E-state index in [1.54, 1.807) is 6.07 Å². The van der Waals surface area contributed by atoms with Gasteiger partial charge in [-0.1, -0.05) is 12.1 Å². The Labute approximate surface area is 78.0 Å². The Balaban J connectivity index is 2.27. The van der Waals surface area contributed by atoms with Crippen LogP contribution in [0.1, 0.15) is 23.5 Å². The molecule has 0 radical (unpaired) electrons. The van der Waals surface area contributed by atoms with Gasteiger partial charge in [-0.3, -0.25) is 0 Å². The van der Waals surface area contributed by atoms with Crippen molar-refractivity contribution in [3.8, 4) is 0 Å². The fourth-order valence-electron chi connectivity index (χ4n) is 1.88. The van der Waals surface area contributed by atoms with Crippen LogP contribution in [0.25, 0.3) is 0 Å². The third-order valence-corrected chi connectivity index (χ3v) is 2.87. The van der Waals surface area contributed by atoms with Crippen molar-refractivity contribution >= 4 is 0 Å². The quantitative estimate of drug-likeness (QED) is 0.734. The number of rotatable bonds is 2. The molecule has 2 rings (SSSR count). The predicted molar refractivity (Wildman–Crippen MR) is 51.3 cm³/mol. The summed E-state index contributed by atoms with van der Waals surface area (Å²) in [5.41, 5.74) is 1.98. The molecule has 13 heavy (non-hydrogen) atoms. The van der Waals surface area contributed by atoms with Crippen molar-refractivity contribution in [3.05, 3.63) is 35.1 Å². The Morgan fingerprint density at radius 2 is 2.23 bits per heavy atom. The van der Waals surface area contributed by atoms with Gasteiger partial charge in [-0.2, -0.15) is 0 Å². The largest absolute Gasteiger partial charge is 0.316 e. The van der Waals surface area contributed by atoms with Gasteiger partial charge < -0.3 is 5.32 Å². The van der Waals surface area contributed by atoms with Crippen LogP contribution in [0.3, 0.4) is 0 Å². The van der Waals surface area contributed by atoms with Crippen molar-refractivity contribution in [2.24, 2.45) is 0 Å². The molecule has 1 aromatic rings. The molecule has 1 aromatic carbocycles. The van der Waals surface area contributed by atoms with Crippen molar-refractivity contribution in [3.63, 3.8) is 0 Å². The standard InChI is InChI=1S/C11H14FN/c1-7-8(4-3-5-10(7)12)9-6-11(9)13-2/h3-5,9,11,13H,6H2,1-2H3. The van der Waals surface area contributed by atoms with Crippen molar-refractivity contribution in [2.75, 3.05) is 7.05 Å². The highest BCUT2D eigenvalue weighted by Crippen LogP contribution is 2.42. The van der Waals surface area contributed by atoms with E-state index in [1.807, 2.05) is 20.0 Å². The Hall–Kier alpha value is -0.890. The molecule has 0 spiro atoms. The van der Waals surface area contributed by atoms with Gasteiger partial charge in [0.2, 0.25) is 0 Å². The molecule has 1 aliphatic carbocycles. The summed E-state index contributed by atoms with van der Waals surface area (Å²) >= 11 is 0. The van der Waals surface area contributed by atoms with Gasteiger partial charge in [-0.25, -0.2) is 4.39 Å². The molecule has 1 aliphatic rings. The van der Waals surface area contributed by atoms with E-state index in [1.165, 1.54) is 11.6 Å². The molecular formula is C11H14FN. The summed E-state index contributed by atoms with van der Waals surface area (Å²) in [6.45, 7) is 1.86. The normalized spacial score (nSPS) is 26.1. The minimum atomic E-state index is -0.0840. The molecule has 0 saturated heterocycles. The van der Waals surface area contributed by atoms with Gasteiger partial charge >= 0.3 is 0 Å². The molecule has 2 heteroatoms. The fraction of sp³-hybridized carbons (Fsp3) is 0.455. The van der Waals surface area contributed by atoms with Crippen LogP contribution < -0.4 is 5.32 Å². The molecule has 1 saturated carbocycles. The summed E-state index contributed by atoms with van der Waals surface area (Å²) < 4.78 is 13.2. The van der Waals surface area contributed by atoms with E-state index >= 15 is 0 Å². The monoisotopic (exact) mass is 179 g/mol. The summed E-state index contributed by atoms with van der Waals surface area (Å²) in [5, 5.41) is 3.21. The predicted octanol–water partition coefficient (Wildman–Crippen LogP) is 2.21. The second-order valence-corrected chi connectivity index (χ2v) is 3.69. The zero-order chi connectivity index (χ0) is 9.42. The Bertz CT molecular complexity index is 322. The van der Waals surface area contributed by atoms with Gasteiger partial charge in [-0.05, 0) is 37.6 Å². The number of halogens is 1. The van der Waals surface area contributed by atoms with Gasteiger partial charge in [0.25, 0.3) is 0 Å². The van der Waals surface area contributed by atoms with Gasteiger partial charge in [0.05, 0.1) is 0 Å². The smallest absolute Gasteiger partial charge is 0.126 e. The lowest BCUT2D eigenvalue weighted by atomic mass is 10.0. The first-order valence-electron chi connectivity index (χ1n) is 4.66. The molecule has 1 N–H and O–H groups in total. The first kappa shape index (κ1) is 8.70. The second-order valence-electron chi connectivity index (χ2n) is 3.69. The molecule has 0 amide bonds. The van der Waals surface area contributed by atoms with Crippen LogP contribution >= 0.6 is 0 Å². The lowest BCUT2D eigenvalue weighted by molar-refractivity contribution is 0.614. The van der Waals surface area contributed by atoms with Crippen LogP contribution in [0.15, 0.2) is 18.2 Å². The average Bonchev–Trinajstić information content (AvgIpc) is 2.89. The molecular weight excluding hydrogens is 165 g/mol. The highest BCUT2D eigenvalue weighted by atomic mass is 19.1. The van der Waals surface area contributed by atoms with Crippen molar-refractivity contribution in [1.82, 2.24) is 5.32 Å². The highest BCUT2D eigenvalue weighted by Gasteiger charge is 2.37. The Kier molecular flexibility index (Phi) is 2.08. The van der Waals surface area contributed by atoms with Crippen LogP contribution in [0.2, 0.25) is 0 Å². The van der Waals surface area contributed by atoms with Gasteiger partial charge in [0, 0.05) is 12.0 Å². The summed E-state index contributed by atoms with van der Waals surface area (Å²) in [4.78, 5) is 0. The number of likely N-dealkylation sites (N-methyl/N-ethyl adjacent to an activating group) is 1.